The normalized spacial score (nSPS) is 23.3. The number of likely N-dealkylation sites (N-methyl/N-ethyl adjacent to an activating group) is 1. The summed E-state index contributed by atoms with van der Waals surface area (Å²) in [5, 5.41) is 14.5. The minimum absolute atomic E-state index is 0.00310. The Morgan fingerprint density at radius 1 is 1.18 bits per heavy atom. The van der Waals surface area contributed by atoms with Gasteiger partial charge in [-0.3, -0.25) is 19.3 Å². The maximum Gasteiger partial charge on any atom is 0.264 e. The number of carbonyl (C=O) groups excluding carboxylic acids is 2. The number of aliphatic hydroxyl groups excluding tert-OH is 1. The lowest BCUT2D eigenvalue weighted by molar-refractivity contribution is -0.129. The summed E-state index contributed by atoms with van der Waals surface area (Å²) in [5.74, 6) is -0.375. The minimum Gasteiger partial charge on any atom is -0.390 e. The van der Waals surface area contributed by atoms with Crippen LogP contribution in [0.15, 0.2) is 35.1 Å². The van der Waals surface area contributed by atoms with E-state index >= 15 is 0 Å². The molecule has 2 fully saturated rings. The second-order valence-electron chi connectivity index (χ2n) is 10.2. The van der Waals surface area contributed by atoms with Crippen molar-refractivity contribution in [3.05, 3.63) is 46.2 Å². The molecular weight excluding hydrogens is 432 g/mol. The lowest BCUT2D eigenvalue weighted by Gasteiger charge is -2.40. The van der Waals surface area contributed by atoms with Gasteiger partial charge in [0, 0.05) is 51.2 Å². The molecule has 2 aliphatic heterocycles. The van der Waals surface area contributed by atoms with Crippen LogP contribution in [0.5, 0.6) is 0 Å². The predicted molar refractivity (Wildman–Crippen MR) is 132 cm³/mol. The highest BCUT2D eigenvalue weighted by Gasteiger charge is 2.42. The Kier molecular flexibility index (Phi) is 7.09. The molecule has 184 valence electrons. The van der Waals surface area contributed by atoms with E-state index in [0.29, 0.717) is 13.1 Å². The molecule has 2 aliphatic rings. The van der Waals surface area contributed by atoms with Gasteiger partial charge in [0.25, 0.3) is 11.5 Å². The van der Waals surface area contributed by atoms with Crippen LogP contribution in [0.25, 0.3) is 10.9 Å². The van der Waals surface area contributed by atoms with Crippen LogP contribution in [0.2, 0.25) is 0 Å². The Hall–Kier alpha value is -2.71. The summed E-state index contributed by atoms with van der Waals surface area (Å²) in [5.41, 5.74) is 0.758. The molecule has 2 N–H and O–H groups in total. The van der Waals surface area contributed by atoms with Crippen molar-refractivity contribution in [1.29, 1.82) is 0 Å². The highest BCUT2D eigenvalue weighted by atomic mass is 16.3. The Balaban J connectivity index is 1.45. The molecule has 1 aromatic carbocycles. The van der Waals surface area contributed by atoms with Crippen molar-refractivity contribution in [3.63, 3.8) is 0 Å². The van der Waals surface area contributed by atoms with E-state index < -0.39 is 6.10 Å². The van der Waals surface area contributed by atoms with Gasteiger partial charge in [0.15, 0.2) is 0 Å². The number of hydrogen-bond acceptors (Lipinski definition) is 5. The number of fused-ring (bicyclic) bond motifs is 3. The second-order valence-corrected chi connectivity index (χ2v) is 10.2. The summed E-state index contributed by atoms with van der Waals surface area (Å²) in [6, 6.07) is 9.86. The summed E-state index contributed by atoms with van der Waals surface area (Å²) in [7, 11) is 1.70. The molecule has 2 aromatic rings. The first-order valence-electron chi connectivity index (χ1n) is 12.3. The molecule has 3 heterocycles. The summed E-state index contributed by atoms with van der Waals surface area (Å²) >= 11 is 0. The van der Waals surface area contributed by atoms with Gasteiger partial charge in [-0.1, -0.05) is 18.2 Å². The first-order chi connectivity index (χ1) is 16.2. The number of nitrogens with zero attached hydrogens (tertiary/aromatic N) is 3. The summed E-state index contributed by atoms with van der Waals surface area (Å²) in [6.07, 6.45) is 3.05. The van der Waals surface area contributed by atoms with E-state index in [-0.39, 0.29) is 47.1 Å². The molecule has 2 saturated heterocycles. The largest absolute Gasteiger partial charge is 0.390 e. The van der Waals surface area contributed by atoms with Crippen LogP contribution < -0.4 is 10.9 Å². The number of aliphatic hydroxyl groups is 1. The molecule has 0 saturated carbocycles. The van der Waals surface area contributed by atoms with E-state index in [0.717, 1.165) is 36.6 Å². The van der Waals surface area contributed by atoms with Gasteiger partial charge >= 0.3 is 0 Å². The average Bonchev–Trinajstić information content (AvgIpc) is 3.00. The van der Waals surface area contributed by atoms with Crippen molar-refractivity contribution in [3.8, 4) is 0 Å². The van der Waals surface area contributed by atoms with E-state index in [2.05, 4.69) is 10.2 Å². The molecule has 0 radical (unpaired) electrons. The minimum atomic E-state index is -0.602. The number of hydrogen-bond donors (Lipinski definition) is 2. The molecule has 2 bridgehead atoms. The second kappa shape index (κ2) is 9.88. The molecular formula is C26H36N4O4. The molecule has 3 atom stereocenters. The number of pyridine rings is 1. The summed E-state index contributed by atoms with van der Waals surface area (Å²) < 4.78 is 1.69. The number of aromatic nitrogens is 1. The van der Waals surface area contributed by atoms with Crippen LogP contribution in [-0.4, -0.2) is 75.7 Å². The third kappa shape index (κ3) is 4.88. The number of carbonyl (C=O) groups is 2. The predicted octanol–water partition coefficient (Wildman–Crippen LogP) is 2.15. The van der Waals surface area contributed by atoms with E-state index in [9.17, 15) is 19.5 Å². The fourth-order valence-electron chi connectivity index (χ4n) is 5.66. The van der Waals surface area contributed by atoms with Gasteiger partial charge < -0.3 is 19.9 Å². The van der Waals surface area contributed by atoms with Gasteiger partial charge in [0.05, 0.1) is 11.6 Å². The van der Waals surface area contributed by atoms with Crippen LogP contribution in [0, 0.1) is 0 Å². The van der Waals surface area contributed by atoms with Crippen molar-refractivity contribution in [2.75, 3.05) is 20.1 Å². The quantitative estimate of drug-likeness (QED) is 0.649. The van der Waals surface area contributed by atoms with E-state index in [4.69, 9.17) is 0 Å². The smallest absolute Gasteiger partial charge is 0.264 e. The average molecular weight is 469 g/mol. The van der Waals surface area contributed by atoms with E-state index in [1.54, 1.807) is 17.7 Å². The SMILES string of the molecule is CC(=O)N(C)C[C@H](O)CN1C2CCC1CC(NC(=O)c1cc3ccccc3n(C(C)C)c1=O)C2. The van der Waals surface area contributed by atoms with Gasteiger partial charge in [0.1, 0.15) is 5.56 Å². The van der Waals surface area contributed by atoms with Crippen LogP contribution in [0.1, 0.15) is 62.9 Å². The number of piperidine rings is 1. The monoisotopic (exact) mass is 468 g/mol. The van der Waals surface area contributed by atoms with Crippen molar-refractivity contribution in [2.24, 2.45) is 0 Å². The van der Waals surface area contributed by atoms with E-state index in [1.807, 2.05) is 38.1 Å². The molecule has 8 heteroatoms. The Labute approximate surface area is 200 Å². The standard InChI is InChI=1S/C26H36N4O4/c1-16(2)30-24-8-6-5-7-18(24)11-23(26(30)34)25(33)27-19-12-20-9-10-21(13-19)29(20)15-22(32)14-28(4)17(3)31/h5-8,11,16,19-22,32H,9-10,12-15H2,1-4H3,(H,27,33)/t19?,20?,21?,22-/m0/s1. The third-order valence-corrected chi connectivity index (χ3v) is 7.37. The third-order valence-electron chi connectivity index (χ3n) is 7.37. The maximum absolute atomic E-state index is 13.2. The van der Waals surface area contributed by atoms with Gasteiger partial charge in [-0.2, -0.15) is 0 Å². The Morgan fingerprint density at radius 3 is 2.44 bits per heavy atom. The number of para-hydroxylation sites is 1. The van der Waals surface area contributed by atoms with Crippen molar-refractivity contribution in [1.82, 2.24) is 19.7 Å². The van der Waals surface area contributed by atoms with Crippen LogP contribution >= 0.6 is 0 Å². The lowest BCUT2D eigenvalue weighted by atomic mass is 9.96. The molecule has 34 heavy (non-hydrogen) atoms. The molecule has 0 aliphatic carbocycles. The molecule has 8 nitrogen and oxygen atoms in total. The molecule has 4 rings (SSSR count). The Morgan fingerprint density at radius 2 is 1.82 bits per heavy atom. The fraction of sp³-hybridized carbons (Fsp3) is 0.577. The number of nitrogens with one attached hydrogen (secondary N) is 1. The van der Waals surface area contributed by atoms with Gasteiger partial charge in [-0.25, -0.2) is 0 Å². The lowest BCUT2D eigenvalue weighted by Crippen LogP contribution is -2.53. The zero-order valence-corrected chi connectivity index (χ0v) is 20.5. The fourth-order valence-corrected chi connectivity index (χ4v) is 5.66. The molecule has 2 amide bonds. The number of rotatable bonds is 7. The molecule has 0 spiro atoms. The first-order valence-corrected chi connectivity index (χ1v) is 12.3. The Bertz CT molecular complexity index is 1110. The zero-order chi connectivity index (χ0) is 24.6. The molecule has 2 unspecified atom stereocenters. The van der Waals surface area contributed by atoms with Crippen molar-refractivity contribution < 1.29 is 14.7 Å². The van der Waals surface area contributed by atoms with E-state index in [1.165, 1.54) is 11.8 Å². The molecule has 1 aromatic heterocycles. The maximum atomic E-state index is 13.2. The zero-order valence-electron chi connectivity index (χ0n) is 20.5. The highest BCUT2D eigenvalue weighted by Crippen LogP contribution is 2.36. The van der Waals surface area contributed by atoms with Crippen LogP contribution in [0.3, 0.4) is 0 Å². The van der Waals surface area contributed by atoms with Gasteiger partial charge in [0.2, 0.25) is 5.91 Å². The van der Waals surface area contributed by atoms with Crippen molar-refractivity contribution >= 4 is 22.7 Å². The van der Waals surface area contributed by atoms with Crippen LogP contribution in [-0.2, 0) is 4.79 Å². The summed E-state index contributed by atoms with van der Waals surface area (Å²) in [6.45, 7) is 6.24. The highest BCUT2D eigenvalue weighted by molar-refractivity contribution is 5.97. The van der Waals surface area contributed by atoms with Gasteiger partial charge in [-0.05, 0) is 57.0 Å². The first kappa shape index (κ1) is 24.4. The van der Waals surface area contributed by atoms with Crippen LogP contribution in [0.4, 0.5) is 0 Å². The van der Waals surface area contributed by atoms with Gasteiger partial charge in [-0.15, -0.1) is 0 Å². The van der Waals surface area contributed by atoms with Crippen molar-refractivity contribution in [2.45, 2.75) is 76.7 Å². The number of amides is 2. The topological polar surface area (TPSA) is 94.9 Å². The number of benzene rings is 1. The summed E-state index contributed by atoms with van der Waals surface area (Å²) in [4.78, 5) is 41.7.